The minimum atomic E-state index is -0.608. The van der Waals surface area contributed by atoms with Crippen LogP contribution in [0.3, 0.4) is 0 Å². The molecule has 0 atom stereocenters. The van der Waals surface area contributed by atoms with E-state index in [1.807, 2.05) is 0 Å². The number of hydrogen-bond acceptors (Lipinski definition) is 6. The minimum Gasteiger partial charge on any atom is -0.444 e. The monoisotopic (exact) mass is 508 g/mol. The summed E-state index contributed by atoms with van der Waals surface area (Å²) >= 11 is 0. The molecule has 0 saturated carbocycles. The van der Waals surface area contributed by atoms with Gasteiger partial charge in [-0.1, -0.05) is 12.1 Å². The second-order valence-corrected chi connectivity index (χ2v) is 9.94. The molecule has 0 spiro atoms. The van der Waals surface area contributed by atoms with Crippen LogP contribution >= 0.6 is 0 Å². The fraction of sp³-hybridized carbons (Fsp3) is 0.370. The molecule has 1 heterocycles. The summed E-state index contributed by atoms with van der Waals surface area (Å²) in [6.07, 6.45) is -0.495. The topological polar surface area (TPSA) is 134 Å². The van der Waals surface area contributed by atoms with Crippen LogP contribution in [0.15, 0.2) is 42.5 Å². The summed E-state index contributed by atoms with van der Waals surface area (Å²) in [6.45, 7) is 9.16. The van der Waals surface area contributed by atoms with Crippen molar-refractivity contribution in [1.82, 2.24) is 15.5 Å². The zero-order chi connectivity index (χ0) is 27.3. The molecule has 10 nitrogen and oxygen atoms in total. The lowest BCUT2D eigenvalue weighted by Crippen LogP contribution is -2.35. The van der Waals surface area contributed by atoms with Crippen molar-refractivity contribution < 1.29 is 28.7 Å². The Kier molecular flexibility index (Phi) is 8.31. The van der Waals surface area contributed by atoms with E-state index in [9.17, 15) is 24.0 Å². The summed E-state index contributed by atoms with van der Waals surface area (Å²) in [4.78, 5) is 62.5. The summed E-state index contributed by atoms with van der Waals surface area (Å²) in [5.41, 5.74) is 1.59. The molecule has 2 aromatic rings. The molecule has 3 N–H and O–H groups in total. The first-order chi connectivity index (χ1) is 17.4. The number of fused-ring (bicyclic) bond motifs is 1. The normalized spacial score (nSPS) is 12.9. The number of amides is 5. The van der Waals surface area contributed by atoms with Gasteiger partial charge in [0.15, 0.2) is 0 Å². The zero-order valence-corrected chi connectivity index (χ0v) is 21.6. The molecule has 0 aromatic heterocycles. The number of alkyl carbamates (subject to hydrolysis) is 1. The molecule has 37 heavy (non-hydrogen) atoms. The summed E-state index contributed by atoms with van der Waals surface area (Å²) < 4.78 is 5.12. The molecule has 0 bridgehead atoms. The zero-order valence-electron chi connectivity index (χ0n) is 21.6. The Morgan fingerprint density at radius 2 is 1.57 bits per heavy atom. The molecule has 10 heteroatoms. The third-order valence-electron chi connectivity index (χ3n) is 5.41. The van der Waals surface area contributed by atoms with E-state index in [0.717, 1.165) is 5.56 Å². The Balaban J connectivity index is 1.48. The quantitative estimate of drug-likeness (QED) is 0.468. The van der Waals surface area contributed by atoms with E-state index in [0.29, 0.717) is 11.3 Å². The number of benzene rings is 2. The number of anilines is 1. The van der Waals surface area contributed by atoms with E-state index in [1.54, 1.807) is 58.9 Å². The summed E-state index contributed by atoms with van der Waals surface area (Å²) in [5, 5.41) is 8.07. The maximum atomic E-state index is 12.6. The van der Waals surface area contributed by atoms with Gasteiger partial charge in [0.05, 0.1) is 11.1 Å². The highest BCUT2D eigenvalue weighted by molar-refractivity contribution is 6.22. The highest BCUT2D eigenvalue weighted by atomic mass is 16.6. The summed E-state index contributed by atoms with van der Waals surface area (Å²) in [6, 6.07) is 11.2. The highest BCUT2D eigenvalue weighted by Gasteiger charge is 2.37. The second-order valence-electron chi connectivity index (χ2n) is 9.94. The number of imide groups is 1. The van der Waals surface area contributed by atoms with Crippen molar-refractivity contribution >= 4 is 35.4 Å². The van der Waals surface area contributed by atoms with Crippen molar-refractivity contribution in [2.24, 2.45) is 0 Å². The number of nitrogens with zero attached hydrogens (tertiary/aromatic N) is 1. The van der Waals surface area contributed by atoms with Crippen LogP contribution in [-0.4, -0.2) is 52.8 Å². The van der Waals surface area contributed by atoms with Crippen LogP contribution in [0, 0.1) is 0 Å². The molecule has 0 radical (unpaired) electrons. The smallest absolute Gasteiger partial charge is 0.407 e. The van der Waals surface area contributed by atoms with Crippen LogP contribution in [0.4, 0.5) is 10.5 Å². The minimum absolute atomic E-state index is 0.0842. The first kappa shape index (κ1) is 27.4. The van der Waals surface area contributed by atoms with E-state index in [1.165, 1.54) is 23.1 Å². The van der Waals surface area contributed by atoms with E-state index >= 15 is 0 Å². The molecule has 0 aliphatic carbocycles. The van der Waals surface area contributed by atoms with Crippen molar-refractivity contribution in [3.05, 3.63) is 64.7 Å². The second kappa shape index (κ2) is 11.2. The van der Waals surface area contributed by atoms with Gasteiger partial charge in [-0.05, 0) is 70.5 Å². The van der Waals surface area contributed by atoms with Crippen molar-refractivity contribution in [3.63, 3.8) is 0 Å². The number of carbonyl (C=O) groups excluding carboxylic acids is 5. The molecular formula is C27H32N4O6. The van der Waals surface area contributed by atoms with Gasteiger partial charge in [0.25, 0.3) is 17.7 Å². The molecule has 0 unspecified atom stereocenters. The van der Waals surface area contributed by atoms with Gasteiger partial charge in [-0.3, -0.25) is 24.1 Å². The Morgan fingerprint density at radius 1 is 0.919 bits per heavy atom. The molecule has 1 aliphatic heterocycles. The van der Waals surface area contributed by atoms with Gasteiger partial charge in [0.1, 0.15) is 5.60 Å². The van der Waals surface area contributed by atoms with Gasteiger partial charge in [0.2, 0.25) is 5.91 Å². The molecule has 3 rings (SSSR count). The number of hydrogen-bond donors (Lipinski definition) is 3. The summed E-state index contributed by atoms with van der Waals surface area (Å²) in [7, 11) is 0. The van der Waals surface area contributed by atoms with Crippen LogP contribution in [0.2, 0.25) is 0 Å². The van der Waals surface area contributed by atoms with Gasteiger partial charge in [-0.15, -0.1) is 0 Å². The van der Waals surface area contributed by atoms with E-state index in [-0.39, 0.29) is 54.4 Å². The van der Waals surface area contributed by atoms with Crippen LogP contribution < -0.4 is 16.0 Å². The van der Waals surface area contributed by atoms with Crippen molar-refractivity contribution in [2.45, 2.75) is 59.2 Å². The number of rotatable bonds is 8. The van der Waals surface area contributed by atoms with Gasteiger partial charge in [-0.25, -0.2) is 4.79 Å². The predicted octanol–water partition coefficient (Wildman–Crippen LogP) is 3.47. The van der Waals surface area contributed by atoms with Crippen molar-refractivity contribution in [1.29, 1.82) is 0 Å². The molecule has 0 fully saturated rings. The van der Waals surface area contributed by atoms with Crippen LogP contribution in [-0.2, 0) is 16.1 Å². The molecule has 196 valence electrons. The van der Waals surface area contributed by atoms with Gasteiger partial charge in [0, 0.05) is 36.8 Å². The lowest BCUT2D eigenvalue weighted by atomic mass is 10.1. The molecule has 0 saturated heterocycles. The van der Waals surface area contributed by atoms with Gasteiger partial charge in [-0.2, -0.15) is 0 Å². The van der Waals surface area contributed by atoms with Crippen LogP contribution in [0.25, 0.3) is 0 Å². The largest absolute Gasteiger partial charge is 0.444 e. The van der Waals surface area contributed by atoms with Crippen LogP contribution in [0.5, 0.6) is 0 Å². The first-order valence-corrected chi connectivity index (χ1v) is 12.0. The SMILES string of the molecule is CC(C)N1C(=O)c2ccc(C(=O)NCc3ccc(NC(=O)CCNC(=O)OC(C)(C)C)cc3)cc2C1=O. The third-order valence-corrected chi connectivity index (χ3v) is 5.41. The Bertz CT molecular complexity index is 1210. The molecule has 2 aromatic carbocycles. The number of ether oxygens (including phenoxy) is 1. The summed E-state index contributed by atoms with van der Waals surface area (Å²) in [5.74, 6) is -1.39. The van der Waals surface area contributed by atoms with Gasteiger partial charge >= 0.3 is 6.09 Å². The average Bonchev–Trinajstić information content (AvgIpc) is 3.06. The van der Waals surface area contributed by atoms with Crippen molar-refractivity contribution in [2.75, 3.05) is 11.9 Å². The lowest BCUT2D eigenvalue weighted by molar-refractivity contribution is -0.116. The fourth-order valence-electron chi connectivity index (χ4n) is 3.68. The lowest BCUT2D eigenvalue weighted by Gasteiger charge is -2.19. The standard InChI is InChI=1S/C27H32N4O6/c1-16(2)31-24(34)20-11-8-18(14-21(20)25(31)35)23(33)29-15-17-6-9-19(10-7-17)30-22(32)12-13-28-26(36)37-27(3,4)5/h6-11,14,16H,12-13,15H2,1-5H3,(H,28,36)(H,29,33)(H,30,32). The molecule has 1 aliphatic rings. The Hall–Kier alpha value is -4.21. The Morgan fingerprint density at radius 3 is 2.19 bits per heavy atom. The molecule has 5 amide bonds. The predicted molar refractivity (Wildman–Crippen MR) is 137 cm³/mol. The van der Waals surface area contributed by atoms with E-state index in [2.05, 4.69) is 16.0 Å². The third kappa shape index (κ3) is 7.16. The maximum Gasteiger partial charge on any atom is 0.407 e. The number of carbonyl (C=O) groups is 5. The maximum absolute atomic E-state index is 12.6. The van der Waals surface area contributed by atoms with Crippen molar-refractivity contribution in [3.8, 4) is 0 Å². The molecular weight excluding hydrogens is 476 g/mol. The number of nitrogens with one attached hydrogen (secondary N) is 3. The average molecular weight is 509 g/mol. The van der Waals surface area contributed by atoms with E-state index in [4.69, 9.17) is 4.74 Å². The van der Waals surface area contributed by atoms with Crippen LogP contribution in [0.1, 0.15) is 77.7 Å². The Labute approximate surface area is 215 Å². The van der Waals surface area contributed by atoms with Gasteiger partial charge < -0.3 is 20.7 Å². The first-order valence-electron chi connectivity index (χ1n) is 12.0. The van der Waals surface area contributed by atoms with E-state index < -0.39 is 17.6 Å². The highest BCUT2D eigenvalue weighted by Crippen LogP contribution is 2.25. The fourth-order valence-corrected chi connectivity index (χ4v) is 3.68.